The lowest BCUT2D eigenvalue weighted by Gasteiger charge is -2.09. The van der Waals surface area contributed by atoms with Gasteiger partial charge in [0.05, 0.1) is 10.7 Å². The number of nitrogens with one attached hydrogen (secondary N) is 2. The Morgan fingerprint density at radius 2 is 1.81 bits per heavy atom. The number of benzene rings is 2. The van der Waals surface area contributed by atoms with Gasteiger partial charge in [-0.1, -0.05) is 30.1 Å². The van der Waals surface area contributed by atoms with E-state index >= 15 is 0 Å². The van der Waals surface area contributed by atoms with Crippen molar-refractivity contribution in [2.24, 2.45) is 0 Å². The number of rotatable bonds is 5. The quantitative estimate of drug-likeness (QED) is 0.807. The van der Waals surface area contributed by atoms with Crippen LogP contribution in [0.5, 0.6) is 0 Å². The second-order valence-electron chi connectivity index (χ2n) is 4.58. The summed E-state index contributed by atoms with van der Waals surface area (Å²) in [6, 6.07) is 12.2. The molecule has 0 aliphatic rings. The Labute approximate surface area is 134 Å². The highest BCUT2D eigenvalue weighted by molar-refractivity contribution is 6.35. The largest absolute Gasteiger partial charge is 0.385 e. The van der Waals surface area contributed by atoms with Gasteiger partial charge in [-0.05, 0) is 48.9 Å². The topological polar surface area (TPSA) is 41.1 Å². The third kappa shape index (κ3) is 4.38. The third-order valence-electron chi connectivity index (χ3n) is 2.90. The Kier molecular flexibility index (Phi) is 5.48. The maximum absolute atomic E-state index is 12.2. The zero-order chi connectivity index (χ0) is 15.2. The highest BCUT2D eigenvalue weighted by Gasteiger charge is 2.09. The lowest BCUT2D eigenvalue weighted by molar-refractivity contribution is 0.102. The van der Waals surface area contributed by atoms with Crippen LogP contribution >= 0.6 is 23.2 Å². The fourth-order valence-corrected chi connectivity index (χ4v) is 2.13. The highest BCUT2D eigenvalue weighted by Crippen LogP contribution is 2.26. The Morgan fingerprint density at radius 3 is 2.48 bits per heavy atom. The van der Waals surface area contributed by atoms with Crippen LogP contribution < -0.4 is 10.6 Å². The summed E-state index contributed by atoms with van der Waals surface area (Å²) in [4.78, 5) is 12.2. The molecule has 1 amide bonds. The smallest absolute Gasteiger partial charge is 0.255 e. The van der Waals surface area contributed by atoms with Crippen LogP contribution in [0.3, 0.4) is 0 Å². The molecule has 0 aliphatic heterocycles. The zero-order valence-electron chi connectivity index (χ0n) is 11.6. The van der Waals surface area contributed by atoms with E-state index < -0.39 is 0 Å². The lowest BCUT2D eigenvalue weighted by Crippen LogP contribution is -2.12. The van der Waals surface area contributed by atoms with Crippen molar-refractivity contribution in [1.29, 1.82) is 0 Å². The summed E-state index contributed by atoms with van der Waals surface area (Å²) < 4.78 is 0. The van der Waals surface area contributed by atoms with E-state index in [0.29, 0.717) is 21.3 Å². The number of carbonyl (C=O) groups excluding carboxylic acids is 1. The predicted molar refractivity (Wildman–Crippen MR) is 89.6 cm³/mol. The molecule has 0 bridgehead atoms. The van der Waals surface area contributed by atoms with Gasteiger partial charge in [0.25, 0.3) is 5.91 Å². The van der Waals surface area contributed by atoms with E-state index in [-0.39, 0.29) is 5.91 Å². The van der Waals surface area contributed by atoms with Crippen LogP contribution in [0.15, 0.2) is 42.5 Å². The average molecular weight is 323 g/mol. The summed E-state index contributed by atoms with van der Waals surface area (Å²) in [5.74, 6) is -0.221. The van der Waals surface area contributed by atoms with Crippen LogP contribution in [-0.4, -0.2) is 12.5 Å². The van der Waals surface area contributed by atoms with Gasteiger partial charge in [0.15, 0.2) is 0 Å². The molecule has 0 heterocycles. The molecule has 0 aromatic heterocycles. The molecule has 2 aromatic carbocycles. The van der Waals surface area contributed by atoms with Gasteiger partial charge in [-0.15, -0.1) is 0 Å². The molecular weight excluding hydrogens is 307 g/mol. The highest BCUT2D eigenvalue weighted by atomic mass is 35.5. The van der Waals surface area contributed by atoms with Crippen LogP contribution in [0.1, 0.15) is 23.7 Å². The van der Waals surface area contributed by atoms with Crippen molar-refractivity contribution in [1.82, 2.24) is 0 Å². The SMILES string of the molecule is CCCNc1ccc(C(=O)Nc2cc(Cl)ccc2Cl)cc1. The van der Waals surface area contributed by atoms with Crippen LogP contribution in [-0.2, 0) is 0 Å². The maximum atomic E-state index is 12.2. The summed E-state index contributed by atoms with van der Waals surface area (Å²) in [7, 11) is 0. The van der Waals surface area contributed by atoms with E-state index in [1.54, 1.807) is 30.3 Å². The fraction of sp³-hybridized carbons (Fsp3) is 0.188. The second-order valence-corrected chi connectivity index (χ2v) is 5.43. The van der Waals surface area contributed by atoms with E-state index in [1.807, 2.05) is 12.1 Å². The van der Waals surface area contributed by atoms with Crippen molar-refractivity contribution in [2.45, 2.75) is 13.3 Å². The average Bonchev–Trinajstić information content (AvgIpc) is 2.49. The van der Waals surface area contributed by atoms with Gasteiger partial charge in [0.1, 0.15) is 0 Å². The Morgan fingerprint density at radius 1 is 1.10 bits per heavy atom. The zero-order valence-corrected chi connectivity index (χ0v) is 13.1. The molecule has 3 nitrogen and oxygen atoms in total. The molecule has 0 atom stereocenters. The first-order valence-corrected chi connectivity index (χ1v) is 7.46. The summed E-state index contributed by atoms with van der Waals surface area (Å²) in [6.45, 7) is 3.01. The summed E-state index contributed by atoms with van der Waals surface area (Å²) in [6.07, 6.45) is 1.05. The summed E-state index contributed by atoms with van der Waals surface area (Å²) >= 11 is 11.9. The summed E-state index contributed by atoms with van der Waals surface area (Å²) in [5.41, 5.74) is 2.06. The number of anilines is 2. The molecule has 2 aromatic rings. The molecule has 0 spiro atoms. The van der Waals surface area contributed by atoms with E-state index in [4.69, 9.17) is 23.2 Å². The Bertz CT molecular complexity index is 627. The minimum absolute atomic E-state index is 0.221. The van der Waals surface area contributed by atoms with Crippen LogP contribution in [0.2, 0.25) is 10.0 Å². The van der Waals surface area contributed by atoms with Gasteiger partial charge in [-0.2, -0.15) is 0 Å². The molecule has 21 heavy (non-hydrogen) atoms. The van der Waals surface area contributed by atoms with E-state index in [1.165, 1.54) is 0 Å². The van der Waals surface area contributed by atoms with Crippen LogP contribution in [0.4, 0.5) is 11.4 Å². The van der Waals surface area contributed by atoms with Gasteiger partial charge in [0.2, 0.25) is 0 Å². The molecule has 0 radical (unpaired) electrons. The Balaban J connectivity index is 2.07. The van der Waals surface area contributed by atoms with Gasteiger partial charge >= 0.3 is 0 Å². The normalized spacial score (nSPS) is 10.2. The van der Waals surface area contributed by atoms with E-state index in [9.17, 15) is 4.79 Å². The Hall–Kier alpha value is -1.71. The van der Waals surface area contributed by atoms with Crippen LogP contribution in [0, 0.1) is 0 Å². The van der Waals surface area contributed by atoms with Crippen LogP contribution in [0.25, 0.3) is 0 Å². The van der Waals surface area contributed by atoms with Crippen molar-refractivity contribution < 1.29 is 4.79 Å². The van der Waals surface area contributed by atoms with E-state index in [2.05, 4.69) is 17.6 Å². The number of halogens is 2. The summed E-state index contributed by atoms with van der Waals surface area (Å²) in [5, 5.41) is 6.99. The van der Waals surface area contributed by atoms with Gasteiger partial charge < -0.3 is 10.6 Å². The molecule has 0 saturated carbocycles. The molecule has 0 fully saturated rings. The lowest BCUT2D eigenvalue weighted by atomic mass is 10.2. The number of hydrogen-bond acceptors (Lipinski definition) is 2. The molecule has 2 rings (SSSR count). The van der Waals surface area contributed by atoms with Crippen molar-refractivity contribution in [3.63, 3.8) is 0 Å². The molecular formula is C16H16Cl2N2O. The molecule has 2 N–H and O–H groups in total. The number of hydrogen-bond donors (Lipinski definition) is 2. The molecule has 5 heteroatoms. The number of carbonyl (C=O) groups is 1. The molecule has 110 valence electrons. The predicted octanol–water partition coefficient (Wildman–Crippen LogP) is 5.07. The van der Waals surface area contributed by atoms with Gasteiger partial charge in [-0.25, -0.2) is 0 Å². The first-order valence-electron chi connectivity index (χ1n) is 6.70. The standard InChI is InChI=1S/C16H16Cl2N2O/c1-2-9-19-13-6-3-11(4-7-13)16(21)20-15-10-12(17)5-8-14(15)18/h3-8,10,19H,2,9H2,1H3,(H,20,21). The monoisotopic (exact) mass is 322 g/mol. The minimum atomic E-state index is -0.221. The third-order valence-corrected chi connectivity index (χ3v) is 3.47. The van der Waals surface area contributed by atoms with Crippen molar-refractivity contribution in [3.05, 3.63) is 58.1 Å². The fourth-order valence-electron chi connectivity index (χ4n) is 1.80. The van der Waals surface area contributed by atoms with Crippen molar-refractivity contribution in [3.8, 4) is 0 Å². The molecule has 0 unspecified atom stereocenters. The molecule has 0 saturated heterocycles. The first kappa shape index (κ1) is 15.7. The number of amides is 1. The van der Waals surface area contributed by atoms with Crippen molar-refractivity contribution in [2.75, 3.05) is 17.2 Å². The minimum Gasteiger partial charge on any atom is -0.385 e. The second kappa shape index (κ2) is 7.34. The van der Waals surface area contributed by atoms with Gasteiger partial charge in [-0.3, -0.25) is 4.79 Å². The molecule has 0 aliphatic carbocycles. The maximum Gasteiger partial charge on any atom is 0.255 e. The van der Waals surface area contributed by atoms with Gasteiger partial charge in [0, 0.05) is 22.8 Å². The van der Waals surface area contributed by atoms with Crippen molar-refractivity contribution >= 4 is 40.5 Å². The first-order chi connectivity index (χ1) is 10.1. The van der Waals surface area contributed by atoms with E-state index in [0.717, 1.165) is 18.7 Å².